The van der Waals surface area contributed by atoms with Gasteiger partial charge in [0.1, 0.15) is 15.8 Å². The van der Waals surface area contributed by atoms with Gasteiger partial charge in [-0.2, -0.15) is 0 Å². The summed E-state index contributed by atoms with van der Waals surface area (Å²) in [7, 11) is 0. The highest BCUT2D eigenvalue weighted by Gasteiger charge is 2.31. The highest BCUT2D eigenvalue weighted by atomic mass is 32.2. The molecule has 1 aliphatic rings. The lowest BCUT2D eigenvalue weighted by Gasteiger charge is -2.11. The first kappa shape index (κ1) is 17.4. The van der Waals surface area contributed by atoms with E-state index in [-0.39, 0.29) is 11.5 Å². The number of carbonyl (C=O) groups is 2. The maximum Gasteiger partial charge on any atom is 0.335 e. The van der Waals surface area contributed by atoms with Gasteiger partial charge in [-0.1, -0.05) is 36.1 Å². The summed E-state index contributed by atoms with van der Waals surface area (Å²) in [5.74, 6) is -0.0541. The van der Waals surface area contributed by atoms with Crippen LogP contribution in [-0.2, 0) is 4.79 Å². The van der Waals surface area contributed by atoms with Crippen LogP contribution in [0.4, 0.5) is 0 Å². The number of furan rings is 1. The van der Waals surface area contributed by atoms with Gasteiger partial charge in [0, 0.05) is 24.7 Å². The van der Waals surface area contributed by atoms with Crippen LogP contribution in [0.15, 0.2) is 45.7 Å². The number of carbonyl (C=O) groups excluding carboxylic acids is 1. The molecule has 0 bridgehead atoms. The lowest BCUT2D eigenvalue weighted by Crippen LogP contribution is -2.32. The second-order valence-corrected chi connectivity index (χ2v) is 6.88. The fraction of sp³-hybridized carbons (Fsp3) is 0.118. The Morgan fingerprint density at radius 3 is 2.64 bits per heavy atom. The van der Waals surface area contributed by atoms with Gasteiger partial charge in [-0.25, -0.2) is 4.79 Å². The zero-order valence-electron chi connectivity index (χ0n) is 13.0. The summed E-state index contributed by atoms with van der Waals surface area (Å²) in [5, 5.41) is 8.93. The van der Waals surface area contributed by atoms with Crippen LogP contribution in [0.2, 0.25) is 0 Å². The smallest absolute Gasteiger partial charge is 0.335 e. The molecule has 0 atom stereocenters. The maximum atomic E-state index is 12.3. The van der Waals surface area contributed by atoms with E-state index in [2.05, 4.69) is 0 Å². The molecule has 128 valence electrons. The summed E-state index contributed by atoms with van der Waals surface area (Å²) in [6.45, 7) is 0.734. The third-order valence-electron chi connectivity index (χ3n) is 3.54. The topological polar surface area (TPSA) is 96.8 Å². The van der Waals surface area contributed by atoms with E-state index >= 15 is 0 Å². The number of hydrogen-bond donors (Lipinski definition) is 2. The number of nitrogens with zero attached hydrogens (tertiary/aromatic N) is 1. The van der Waals surface area contributed by atoms with Crippen LogP contribution in [0.3, 0.4) is 0 Å². The molecule has 3 rings (SSSR count). The zero-order valence-corrected chi connectivity index (χ0v) is 14.6. The molecular formula is C17H14N2O4S2. The maximum absolute atomic E-state index is 12.3. The van der Waals surface area contributed by atoms with Crippen molar-refractivity contribution in [3.05, 3.63) is 52.6 Å². The van der Waals surface area contributed by atoms with Crippen molar-refractivity contribution in [1.82, 2.24) is 4.90 Å². The first-order chi connectivity index (χ1) is 12.0. The summed E-state index contributed by atoms with van der Waals surface area (Å²) in [6, 6.07) is 9.88. The summed E-state index contributed by atoms with van der Waals surface area (Å²) < 4.78 is 6.22. The molecule has 1 amide bonds. The number of hydrogen-bond acceptors (Lipinski definition) is 6. The Bertz CT molecular complexity index is 871. The fourth-order valence-electron chi connectivity index (χ4n) is 2.31. The van der Waals surface area contributed by atoms with Crippen molar-refractivity contribution < 1.29 is 19.1 Å². The van der Waals surface area contributed by atoms with Crippen LogP contribution in [-0.4, -0.2) is 39.3 Å². The number of amides is 1. The molecule has 1 aromatic carbocycles. The van der Waals surface area contributed by atoms with E-state index in [9.17, 15) is 9.59 Å². The van der Waals surface area contributed by atoms with Gasteiger partial charge in [0.25, 0.3) is 5.91 Å². The SMILES string of the molecule is NCCN1C(=O)C(=Cc2ccc(-c3ccc(C(=O)O)cc3)o2)SC1=S. The van der Waals surface area contributed by atoms with E-state index in [1.54, 1.807) is 30.3 Å². The van der Waals surface area contributed by atoms with Gasteiger partial charge >= 0.3 is 5.97 Å². The molecule has 0 unspecified atom stereocenters. The van der Waals surface area contributed by atoms with E-state index < -0.39 is 5.97 Å². The van der Waals surface area contributed by atoms with Crippen LogP contribution < -0.4 is 5.73 Å². The van der Waals surface area contributed by atoms with E-state index in [0.29, 0.717) is 33.8 Å². The quantitative estimate of drug-likeness (QED) is 0.613. The largest absolute Gasteiger partial charge is 0.478 e. The standard InChI is InChI=1S/C17H14N2O4S2/c18-7-8-19-15(20)14(25-17(19)24)9-12-5-6-13(23-12)10-1-3-11(4-2-10)16(21)22/h1-6,9H,7-8,18H2,(H,21,22). The number of benzene rings is 1. The molecule has 3 N–H and O–H groups in total. The van der Waals surface area contributed by atoms with E-state index in [1.165, 1.54) is 28.8 Å². The van der Waals surface area contributed by atoms with Gasteiger partial charge in [0.2, 0.25) is 0 Å². The fourth-order valence-corrected chi connectivity index (χ4v) is 3.60. The normalized spacial score (nSPS) is 16.0. The van der Waals surface area contributed by atoms with Crippen molar-refractivity contribution >= 4 is 46.3 Å². The average Bonchev–Trinajstić information content (AvgIpc) is 3.16. The molecule has 2 heterocycles. The third kappa shape index (κ3) is 3.65. The zero-order chi connectivity index (χ0) is 18.0. The first-order valence-corrected chi connectivity index (χ1v) is 8.61. The Morgan fingerprint density at radius 1 is 1.28 bits per heavy atom. The molecule has 0 aliphatic carbocycles. The van der Waals surface area contributed by atoms with Gasteiger partial charge in [0.15, 0.2) is 0 Å². The minimum atomic E-state index is -0.980. The molecule has 6 nitrogen and oxygen atoms in total. The van der Waals surface area contributed by atoms with Crippen LogP contribution in [0, 0.1) is 0 Å². The summed E-state index contributed by atoms with van der Waals surface area (Å²) in [6.07, 6.45) is 1.64. The van der Waals surface area contributed by atoms with Gasteiger partial charge in [-0.15, -0.1) is 0 Å². The number of rotatable bonds is 5. The van der Waals surface area contributed by atoms with Crippen LogP contribution in [0.5, 0.6) is 0 Å². The van der Waals surface area contributed by atoms with Gasteiger partial charge < -0.3 is 15.3 Å². The van der Waals surface area contributed by atoms with E-state index in [4.69, 9.17) is 27.5 Å². The predicted octanol–water partition coefficient (Wildman–Crippen LogP) is 2.80. The van der Waals surface area contributed by atoms with E-state index in [0.717, 1.165) is 5.56 Å². The van der Waals surface area contributed by atoms with Crippen LogP contribution in [0.1, 0.15) is 16.1 Å². The third-order valence-corrected chi connectivity index (χ3v) is 4.92. The molecule has 8 heteroatoms. The summed E-state index contributed by atoms with van der Waals surface area (Å²) >= 11 is 6.40. The van der Waals surface area contributed by atoms with Gasteiger partial charge in [0.05, 0.1) is 10.5 Å². The Kier molecular flexibility index (Phi) is 5.03. The number of thioether (sulfide) groups is 1. The number of carboxylic acid groups (broad SMARTS) is 1. The van der Waals surface area contributed by atoms with Crippen molar-refractivity contribution in [2.75, 3.05) is 13.1 Å². The summed E-state index contributed by atoms with van der Waals surface area (Å²) in [5.41, 5.74) is 6.45. The molecule has 0 saturated carbocycles. The molecule has 2 aromatic rings. The Balaban J connectivity index is 1.81. The van der Waals surface area contributed by atoms with Crippen molar-refractivity contribution in [3.8, 4) is 11.3 Å². The van der Waals surface area contributed by atoms with Crippen molar-refractivity contribution in [3.63, 3.8) is 0 Å². The Morgan fingerprint density at radius 2 is 2.00 bits per heavy atom. The van der Waals surface area contributed by atoms with Crippen molar-refractivity contribution in [1.29, 1.82) is 0 Å². The first-order valence-electron chi connectivity index (χ1n) is 7.38. The van der Waals surface area contributed by atoms with Gasteiger partial charge in [-0.05, 0) is 24.3 Å². The highest BCUT2D eigenvalue weighted by Crippen LogP contribution is 2.33. The molecule has 25 heavy (non-hydrogen) atoms. The molecule has 1 aromatic heterocycles. The Labute approximate surface area is 153 Å². The van der Waals surface area contributed by atoms with Crippen LogP contribution >= 0.6 is 24.0 Å². The lowest BCUT2D eigenvalue weighted by molar-refractivity contribution is -0.122. The molecule has 0 spiro atoms. The highest BCUT2D eigenvalue weighted by molar-refractivity contribution is 8.26. The number of thiocarbonyl (C=S) groups is 1. The molecule has 1 saturated heterocycles. The molecular weight excluding hydrogens is 360 g/mol. The van der Waals surface area contributed by atoms with Gasteiger partial charge in [-0.3, -0.25) is 9.69 Å². The molecule has 1 aliphatic heterocycles. The van der Waals surface area contributed by atoms with Crippen molar-refractivity contribution in [2.24, 2.45) is 5.73 Å². The average molecular weight is 374 g/mol. The molecule has 1 fully saturated rings. The second kappa shape index (κ2) is 7.22. The van der Waals surface area contributed by atoms with E-state index in [1.807, 2.05) is 0 Å². The minimum absolute atomic E-state index is 0.177. The molecule has 0 radical (unpaired) electrons. The number of aromatic carboxylic acids is 1. The monoisotopic (exact) mass is 374 g/mol. The Hall–Kier alpha value is -2.42. The number of nitrogens with two attached hydrogens (primary N) is 1. The van der Waals surface area contributed by atoms with Crippen molar-refractivity contribution in [2.45, 2.75) is 0 Å². The number of carboxylic acids is 1. The van der Waals surface area contributed by atoms with Crippen LogP contribution in [0.25, 0.3) is 17.4 Å². The second-order valence-electron chi connectivity index (χ2n) is 5.21. The summed E-state index contributed by atoms with van der Waals surface area (Å²) in [4.78, 5) is 25.1. The minimum Gasteiger partial charge on any atom is -0.478 e. The lowest BCUT2D eigenvalue weighted by atomic mass is 10.1. The predicted molar refractivity (Wildman–Crippen MR) is 100 cm³/mol.